The highest BCUT2D eigenvalue weighted by atomic mass is 35.5. The fourth-order valence-electron chi connectivity index (χ4n) is 3.22. The van der Waals surface area contributed by atoms with Crippen molar-refractivity contribution in [3.8, 4) is 11.5 Å². The molecule has 0 radical (unpaired) electrons. The number of carbonyl (C=O) groups is 1. The van der Waals surface area contributed by atoms with Crippen molar-refractivity contribution in [2.75, 3.05) is 51.1 Å². The summed E-state index contributed by atoms with van der Waals surface area (Å²) < 4.78 is 11.5. The van der Waals surface area contributed by atoms with E-state index in [1.165, 1.54) is 23.1 Å². The van der Waals surface area contributed by atoms with Gasteiger partial charge in [-0.2, -0.15) is 0 Å². The molecular weight excluding hydrogens is 466 g/mol. The molecule has 3 aromatic rings. The fraction of sp³-hybridized carbons (Fsp3) is 0.391. The molecule has 1 heterocycles. The van der Waals surface area contributed by atoms with Gasteiger partial charge in [0, 0.05) is 18.0 Å². The highest BCUT2D eigenvalue weighted by Crippen LogP contribution is 2.39. The van der Waals surface area contributed by atoms with Gasteiger partial charge >= 0.3 is 0 Å². The SMILES string of the molecule is CCN(CC)CCN(C(=O)CSc1ccc(OC)cc1)c1nc2c(OC)ccc(Cl)c2s1. The Morgan fingerprint density at radius 3 is 2.41 bits per heavy atom. The van der Waals surface area contributed by atoms with Crippen molar-refractivity contribution in [3.63, 3.8) is 0 Å². The number of ether oxygens (including phenoxy) is 2. The maximum Gasteiger partial charge on any atom is 0.239 e. The third-order valence-electron chi connectivity index (χ3n) is 5.16. The summed E-state index contributed by atoms with van der Waals surface area (Å²) in [6.07, 6.45) is 0. The topological polar surface area (TPSA) is 54.9 Å². The Labute approximate surface area is 202 Å². The van der Waals surface area contributed by atoms with Crippen LogP contribution >= 0.6 is 34.7 Å². The Morgan fingerprint density at radius 1 is 1.06 bits per heavy atom. The Bertz CT molecular complexity index is 1040. The number of hydrogen-bond acceptors (Lipinski definition) is 7. The van der Waals surface area contributed by atoms with Gasteiger partial charge < -0.3 is 14.4 Å². The van der Waals surface area contributed by atoms with Crippen molar-refractivity contribution < 1.29 is 14.3 Å². The quantitative estimate of drug-likeness (QED) is 0.332. The first-order valence-corrected chi connectivity index (χ1v) is 12.6. The number of benzene rings is 2. The predicted octanol–water partition coefficient (Wildman–Crippen LogP) is 5.43. The van der Waals surface area contributed by atoms with Crippen LogP contribution in [0.3, 0.4) is 0 Å². The van der Waals surface area contributed by atoms with E-state index >= 15 is 0 Å². The summed E-state index contributed by atoms with van der Waals surface area (Å²) in [6, 6.07) is 11.3. The number of halogens is 1. The highest BCUT2D eigenvalue weighted by Gasteiger charge is 2.22. The van der Waals surface area contributed by atoms with Crippen molar-refractivity contribution in [3.05, 3.63) is 41.4 Å². The van der Waals surface area contributed by atoms with Crippen molar-refractivity contribution in [1.82, 2.24) is 9.88 Å². The lowest BCUT2D eigenvalue weighted by molar-refractivity contribution is -0.116. The van der Waals surface area contributed by atoms with Crippen LogP contribution in [0.25, 0.3) is 10.2 Å². The van der Waals surface area contributed by atoms with Gasteiger partial charge in [0.15, 0.2) is 5.13 Å². The van der Waals surface area contributed by atoms with Crippen LogP contribution in [0.1, 0.15) is 13.8 Å². The molecule has 0 N–H and O–H groups in total. The van der Waals surface area contributed by atoms with Crippen molar-refractivity contribution in [1.29, 1.82) is 0 Å². The summed E-state index contributed by atoms with van der Waals surface area (Å²) in [5, 5.41) is 1.24. The van der Waals surface area contributed by atoms with Crippen LogP contribution < -0.4 is 14.4 Å². The van der Waals surface area contributed by atoms with E-state index in [1.807, 2.05) is 24.3 Å². The van der Waals surface area contributed by atoms with Crippen molar-refractivity contribution >= 4 is 56.0 Å². The summed E-state index contributed by atoms with van der Waals surface area (Å²) in [4.78, 5) is 23.1. The third kappa shape index (κ3) is 5.86. The molecule has 32 heavy (non-hydrogen) atoms. The molecular formula is C23H28ClN3O3S2. The number of carbonyl (C=O) groups excluding carboxylic acids is 1. The molecule has 0 spiro atoms. The molecule has 1 amide bonds. The number of hydrogen-bond donors (Lipinski definition) is 0. The Balaban J connectivity index is 1.84. The Kier molecular flexibility index (Phi) is 9.04. The molecule has 0 aliphatic rings. The maximum atomic E-state index is 13.3. The average Bonchev–Trinajstić information content (AvgIpc) is 3.27. The zero-order valence-electron chi connectivity index (χ0n) is 18.8. The van der Waals surface area contributed by atoms with Gasteiger partial charge in [-0.15, -0.1) is 11.8 Å². The molecule has 0 aliphatic heterocycles. The standard InChI is InChI=1S/C23H28ClN3O3S2/c1-5-26(6-2)13-14-27(20(28)15-31-17-9-7-16(29-3)8-10-17)23-25-21-19(30-4)12-11-18(24)22(21)32-23/h7-12H,5-6,13-15H2,1-4H3. The Morgan fingerprint density at radius 2 is 1.78 bits per heavy atom. The average molecular weight is 494 g/mol. The smallest absolute Gasteiger partial charge is 0.239 e. The third-order valence-corrected chi connectivity index (χ3v) is 7.69. The second-order valence-corrected chi connectivity index (χ2v) is 9.39. The number of thioether (sulfide) groups is 1. The number of amides is 1. The lowest BCUT2D eigenvalue weighted by atomic mass is 10.3. The molecule has 1 aromatic heterocycles. The van der Waals surface area contributed by atoms with Crippen LogP contribution in [-0.4, -0.2) is 61.9 Å². The number of aromatic nitrogens is 1. The number of likely N-dealkylation sites (N-methyl/N-ethyl adjacent to an activating group) is 1. The number of methoxy groups -OCH3 is 2. The maximum absolute atomic E-state index is 13.3. The van der Waals surface area contributed by atoms with Crippen molar-refractivity contribution in [2.45, 2.75) is 18.7 Å². The van der Waals surface area contributed by atoms with E-state index in [2.05, 4.69) is 18.7 Å². The second kappa shape index (κ2) is 11.7. The summed E-state index contributed by atoms with van der Waals surface area (Å²) in [5.41, 5.74) is 0.684. The summed E-state index contributed by atoms with van der Waals surface area (Å²) in [5.74, 6) is 1.76. The van der Waals surface area contributed by atoms with Crippen LogP contribution in [-0.2, 0) is 4.79 Å². The minimum Gasteiger partial charge on any atom is -0.497 e. The minimum atomic E-state index is 0.00659. The van der Waals surface area contributed by atoms with E-state index in [0.29, 0.717) is 33.7 Å². The molecule has 0 bridgehead atoms. The lowest BCUT2D eigenvalue weighted by Gasteiger charge is -2.24. The second-order valence-electron chi connectivity index (χ2n) is 6.96. The van der Waals surface area contributed by atoms with Gasteiger partial charge in [0.1, 0.15) is 17.0 Å². The van der Waals surface area contributed by atoms with Crippen LogP contribution in [0.2, 0.25) is 5.02 Å². The van der Waals surface area contributed by atoms with Gasteiger partial charge in [-0.1, -0.05) is 36.8 Å². The monoisotopic (exact) mass is 493 g/mol. The Hall–Kier alpha value is -2.00. The highest BCUT2D eigenvalue weighted by molar-refractivity contribution is 8.00. The summed E-state index contributed by atoms with van der Waals surface area (Å²) in [7, 11) is 3.25. The number of fused-ring (bicyclic) bond motifs is 1. The molecule has 0 atom stereocenters. The molecule has 0 saturated carbocycles. The van der Waals surface area contributed by atoms with Crippen molar-refractivity contribution in [2.24, 2.45) is 0 Å². The number of anilines is 1. The minimum absolute atomic E-state index is 0.00659. The van der Waals surface area contributed by atoms with E-state index in [1.54, 1.807) is 31.3 Å². The number of thiazole rings is 1. The van der Waals surface area contributed by atoms with Gasteiger partial charge in [0.25, 0.3) is 0 Å². The molecule has 0 aliphatic carbocycles. The molecule has 0 unspecified atom stereocenters. The first kappa shape index (κ1) is 24.6. The largest absolute Gasteiger partial charge is 0.497 e. The molecule has 0 fully saturated rings. The predicted molar refractivity (Wildman–Crippen MR) is 135 cm³/mol. The van der Waals surface area contributed by atoms with Gasteiger partial charge in [-0.25, -0.2) is 4.98 Å². The first-order chi connectivity index (χ1) is 15.5. The molecule has 172 valence electrons. The molecule has 6 nitrogen and oxygen atoms in total. The van der Waals surface area contributed by atoms with E-state index in [9.17, 15) is 4.79 Å². The van der Waals surface area contributed by atoms with Gasteiger partial charge in [-0.05, 0) is 49.5 Å². The van der Waals surface area contributed by atoms with Crippen LogP contribution in [0.5, 0.6) is 11.5 Å². The van der Waals surface area contributed by atoms with E-state index in [0.717, 1.165) is 35.0 Å². The van der Waals surface area contributed by atoms with E-state index in [4.69, 9.17) is 26.1 Å². The van der Waals surface area contributed by atoms with Gasteiger partial charge in [0.2, 0.25) is 5.91 Å². The molecule has 0 saturated heterocycles. The van der Waals surface area contributed by atoms with Gasteiger partial charge in [-0.3, -0.25) is 9.69 Å². The number of rotatable bonds is 11. The molecule has 2 aromatic carbocycles. The van der Waals surface area contributed by atoms with Gasteiger partial charge in [0.05, 0.1) is 29.7 Å². The first-order valence-electron chi connectivity index (χ1n) is 10.4. The molecule has 9 heteroatoms. The molecule has 3 rings (SSSR count). The van der Waals surface area contributed by atoms with Crippen LogP contribution in [0, 0.1) is 0 Å². The summed E-state index contributed by atoms with van der Waals surface area (Å²) in [6.45, 7) is 7.43. The lowest BCUT2D eigenvalue weighted by Crippen LogP contribution is -2.39. The summed E-state index contributed by atoms with van der Waals surface area (Å²) >= 11 is 9.33. The normalized spacial score (nSPS) is 11.2. The zero-order chi connectivity index (χ0) is 23.1. The van der Waals surface area contributed by atoms with Crippen LogP contribution in [0.15, 0.2) is 41.3 Å². The van der Waals surface area contributed by atoms with E-state index < -0.39 is 0 Å². The fourth-order valence-corrected chi connectivity index (χ4v) is 5.30. The van der Waals surface area contributed by atoms with Crippen LogP contribution in [0.4, 0.5) is 5.13 Å². The zero-order valence-corrected chi connectivity index (χ0v) is 21.1. The number of nitrogens with zero attached hydrogens (tertiary/aromatic N) is 3. The van der Waals surface area contributed by atoms with E-state index in [-0.39, 0.29) is 5.91 Å².